The summed E-state index contributed by atoms with van der Waals surface area (Å²) in [5, 5.41) is 17.4. The van der Waals surface area contributed by atoms with Gasteiger partial charge in [-0.15, -0.1) is 0 Å². The molecule has 22 heavy (non-hydrogen) atoms. The molecule has 2 aromatic heterocycles. The number of carboxylic acid groups (broad SMARTS) is 2. The van der Waals surface area contributed by atoms with Crippen LogP contribution in [0.15, 0.2) is 24.3 Å². The molecule has 2 N–H and O–H groups in total. The summed E-state index contributed by atoms with van der Waals surface area (Å²) in [5.74, 6) is -2.37. The van der Waals surface area contributed by atoms with Gasteiger partial charge in [0.1, 0.15) is 10.3 Å². The molecule has 0 atom stereocenters. The van der Waals surface area contributed by atoms with E-state index in [4.69, 9.17) is 56.6 Å². The number of hydrogen-bond donors (Lipinski definition) is 2. The van der Waals surface area contributed by atoms with E-state index < -0.39 is 11.9 Å². The number of hydrogen-bond acceptors (Lipinski definition) is 4. The Morgan fingerprint density at radius 2 is 1.05 bits per heavy atom. The lowest BCUT2D eigenvalue weighted by molar-refractivity contribution is 0.0680. The number of carbonyl (C=O) groups is 2. The molecule has 0 bridgehead atoms. The van der Waals surface area contributed by atoms with Gasteiger partial charge < -0.3 is 10.2 Å². The van der Waals surface area contributed by atoms with Crippen molar-refractivity contribution in [2.45, 2.75) is 0 Å². The number of aromatic nitrogens is 2. The van der Waals surface area contributed by atoms with Gasteiger partial charge in [0, 0.05) is 0 Å². The highest BCUT2D eigenvalue weighted by Gasteiger charge is 2.10. The van der Waals surface area contributed by atoms with Crippen molar-refractivity contribution in [2.24, 2.45) is 0 Å². The molecule has 6 nitrogen and oxygen atoms in total. The second kappa shape index (κ2) is 8.14. The Morgan fingerprint density at radius 1 is 0.727 bits per heavy atom. The van der Waals surface area contributed by atoms with Crippen LogP contribution in [0.25, 0.3) is 0 Å². The fourth-order valence-electron chi connectivity index (χ4n) is 1.14. The molecular formula is C12H6Cl4N2O4. The molecule has 0 saturated carbocycles. The van der Waals surface area contributed by atoms with E-state index in [2.05, 4.69) is 9.97 Å². The highest BCUT2D eigenvalue weighted by Crippen LogP contribution is 2.17. The van der Waals surface area contributed by atoms with E-state index in [1.165, 1.54) is 24.3 Å². The quantitative estimate of drug-likeness (QED) is 0.754. The zero-order chi connectivity index (χ0) is 16.9. The minimum Gasteiger partial charge on any atom is -0.476 e. The van der Waals surface area contributed by atoms with Gasteiger partial charge >= 0.3 is 11.9 Å². The van der Waals surface area contributed by atoms with Gasteiger partial charge in [0.25, 0.3) is 0 Å². The maximum absolute atomic E-state index is 10.4. The van der Waals surface area contributed by atoms with Crippen LogP contribution in [0.2, 0.25) is 20.4 Å². The highest BCUT2D eigenvalue weighted by molar-refractivity contribution is 6.35. The Labute approximate surface area is 144 Å². The smallest absolute Gasteiger partial charge is 0.356 e. The van der Waals surface area contributed by atoms with Crippen molar-refractivity contribution in [3.8, 4) is 0 Å². The Bertz CT molecular complexity index is 663. The molecule has 0 aromatic carbocycles. The molecule has 0 radical (unpaired) electrons. The minimum atomic E-state index is -1.18. The van der Waals surface area contributed by atoms with Crippen LogP contribution in [-0.2, 0) is 0 Å². The Kier molecular flexibility index (Phi) is 6.83. The SMILES string of the molecule is O=C(O)c1nc(Cl)ccc1Cl.O=C(O)c1nc(Cl)ccc1Cl. The van der Waals surface area contributed by atoms with Crippen LogP contribution in [0, 0.1) is 0 Å². The first-order chi connectivity index (χ1) is 10.2. The van der Waals surface area contributed by atoms with Gasteiger partial charge in [-0.25, -0.2) is 19.6 Å². The topological polar surface area (TPSA) is 100 Å². The van der Waals surface area contributed by atoms with Crippen molar-refractivity contribution < 1.29 is 19.8 Å². The molecule has 116 valence electrons. The van der Waals surface area contributed by atoms with Gasteiger partial charge in [0.15, 0.2) is 11.4 Å². The summed E-state index contributed by atoms with van der Waals surface area (Å²) in [7, 11) is 0. The van der Waals surface area contributed by atoms with Crippen molar-refractivity contribution in [1.29, 1.82) is 0 Å². The predicted molar refractivity (Wildman–Crippen MR) is 82.4 cm³/mol. The fourth-order valence-corrected chi connectivity index (χ4v) is 1.80. The van der Waals surface area contributed by atoms with Crippen LogP contribution in [0.3, 0.4) is 0 Å². The Morgan fingerprint density at radius 3 is 1.27 bits per heavy atom. The first-order valence-corrected chi connectivity index (χ1v) is 6.84. The van der Waals surface area contributed by atoms with E-state index in [1.54, 1.807) is 0 Å². The molecule has 10 heteroatoms. The molecule has 0 fully saturated rings. The number of nitrogens with zero attached hydrogens (tertiary/aromatic N) is 2. The maximum atomic E-state index is 10.4. The molecular weight excluding hydrogens is 378 g/mol. The zero-order valence-corrected chi connectivity index (χ0v) is 13.5. The monoisotopic (exact) mass is 382 g/mol. The first-order valence-electron chi connectivity index (χ1n) is 5.33. The third-order valence-electron chi connectivity index (χ3n) is 2.03. The number of aromatic carboxylic acids is 2. The fraction of sp³-hybridized carbons (Fsp3) is 0. The van der Waals surface area contributed by atoms with Crippen LogP contribution in [0.5, 0.6) is 0 Å². The standard InChI is InChI=1S/2C6H3Cl2NO2/c2*7-3-1-2-4(8)9-5(3)6(10)11/h2*1-2H,(H,10,11). The van der Waals surface area contributed by atoms with Gasteiger partial charge in [0.2, 0.25) is 0 Å². The molecule has 0 aliphatic carbocycles. The van der Waals surface area contributed by atoms with Gasteiger partial charge in [-0.05, 0) is 24.3 Å². The van der Waals surface area contributed by atoms with Crippen LogP contribution in [0.1, 0.15) is 21.0 Å². The largest absolute Gasteiger partial charge is 0.476 e. The summed E-state index contributed by atoms with van der Waals surface area (Å²) < 4.78 is 0. The maximum Gasteiger partial charge on any atom is 0.356 e. The normalized spacial score (nSPS) is 9.64. The van der Waals surface area contributed by atoms with Crippen LogP contribution in [-0.4, -0.2) is 32.1 Å². The molecule has 2 rings (SSSR count). The first kappa shape index (κ1) is 18.4. The number of rotatable bonds is 2. The van der Waals surface area contributed by atoms with E-state index >= 15 is 0 Å². The molecule has 0 unspecified atom stereocenters. The van der Waals surface area contributed by atoms with Crippen LogP contribution < -0.4 is 0 Å². The number of carboxylic acids is 2. The van der Waals surface area contributed by atoms with Gasteiger partial charge in [0.05, 0.1) is 10.0 Å². The summed E-state index contributed by atoms with van der Waals surface area (Å²) in [5.41, 5.74) is -0.446. The van der Waals surface area contributed by atoms with Crippen molar-refractivity contribution >= 4 is 58.3 Å². The van der Waals surface area contributed by atoms with Gasteiger partial charge in [-0.2, -0.15) is 0 Å². The van der Waals surface area contributed by atoms with Crippen LogP contribution >= 0.6 is 46.4 Å². The van der Waals surface area contributed by atoms with Gasteiger partial charge in [-0.1, -0.05) is 46.4 Å². The second-order valence-electron chi connectivity index (χ2n) is 3.54. The van der Waals surface area contributed by atoms with Crippen molar-refractivity contribution in [1.82, 2.24) is 9.97 Å². The van der Waals surface area contributed by atoms with E-state index in [1.807, 2.05) is 0 Å². The molecule has 0 amide bonds. The Balaban J connectivity index is 0.000000220. The molecule has 0 aliphatic rings. The third kappa shape index (κ3) is 5.31. The summed E-state index contributed by atoms with van der Waals surface area (Å²) >= 11 is 21.8. The zero-order valence-electron chi connectivity index (χ0n) is 10.4. The van der Waals surface area contributed by atoms with Crippen molar-refractivity contribution in [3.63, 3.8) is 0 Å². The summed E-state index contributed by atoms with van der Waals surface area (Å²) in [6.45, 7) is 0. The third-order valence-corrected chi connectivity index (χ3v) is 3.06. The predicted octanol–water partition coefficient (Wildman–Crippen LogP) is 4.17. The average Bonchev–Trinajstić information content (AvgIpc) is 2.44. The lowest BCUT2D eigenvalue weighted by Gasteiger charge is -1.96. The summed E-state index contributed by atoms with van der Waals surface area (Å²) in [4.78, 5) is 27.7. The average molecular weight is 384 g/mol. The van der Waals surface area contributed by atoms with E-state index in [-0.39, 0.29) is 31.7 Å². The summed E-state index contributed by atoms with van der Waals surface area (Å²) in [6, 6.07) is 5.63. The van der Waals surface area contributed by atoms with E-state index in [0.29, 0.717) is 0 Å². The van der Waals surface area contributed by atoms with Crippen molar-refractivity contribution in [2.75, 3.05) is 0 Å². The minimum absolute atomic E-state index is 0.0851. The Hall–Kier alpha value is -1.60. The molecule has 2 heterocycles. The second-order valence-corrected chi connectivity index (χ2v) is 5.13. The van der Waals surface area contributed by atoms with Crippen LogP contribution in [0.4, 0.5) is 0 Å². The lowest BCUT2D eigenvalue weighted by atomic mass is 10.3. The lowest BCUT2D eigenvalue weighted by Crippen LogP contribution is -2.00. The number of halogens is 4. The van der Waals surface area contributed by atoms with Crippen molar-refractivity contribution in [3.05, 3.63) is 56.0 Å². The molecule has 0 saturated heterocycles. The molecule has 0 aliphatic heterocycles. The van der Waals surface area contributed by atoms with Gasteiger partial charge in [-0.3, -0.25) is 0 Å². The molecule has 0 spiro atoms. The summed E-state index contributed by atoms with van der Waals surface area (Å²) in [6.07, 6.45) is 0. The number of pyridine rings is 2. The van der Waals surface area contributed by atoms with E-state index in [9.17, 15) is 9.59 Å². The highest BCUT2D eigenvalue weighted by atomic mass is 35.5. The molecule has 2 aromatic rings. The van der Waals surface area contributed by atoms with E-state index in [0.717, 1.165) is 0 Å².